The van der Waals surface area contributed by atoms with Gasteiger partial charge in [-0.2, -0.15) is 11.6 Å². The molecule has 0 N–H and O–H groups in total. The monoisotopic (exact) mass is 443 g/mol. The van der Waals surface area contributed by atoms with Crippen LogP contribution in [0.4, 0.5) is 0 Å². The molecular weight excluding hydrogens is 414 g/mol. The Morgan fingerprint density at radius 3 is 1.96 bits per heavy atom. The second-order valence-corrected chi connectivity index (χ2v) is 8.74. The van der Waals surface area contributed by atoms with Crippen LogP contribution in [0.3, 0.4) is 0 Å². The van der Waals surface area contributed by atoms with Gasteiger partial charge in [-0.1, -0.05) is 70.9 Å². The van der Waals surface area contributed by atoms with Crippen molar-refractivity contribution in [2.24, 2.45) is 5.41 Å². The van der Waals surface area contributed by atoms with Crippen molar-refractivity contribution in [3.05, 3.63) is 46.6 Å². The van der Waals surface area contributed by atoms with Crippen LogP contribution in [0.25, 0.3) is 0 Å². The fraction of sp³-hybridized carbons (Fsp3) is 0.571. The first-order valence-electron chi connectivity index (χ1n) is 8.71. The fourth-order valence-electron chi connectivity index (χ4n) is 3.53. The molecule has 0 spiro atoms. The minimum Gasteiger partial charge on any atom is -1.00 e. The Bertz CT molecular complexity index is 528. The average Bonchev–Trinajstić information content (AvgIpc) is 3.11. The van der Waals surface area contributed by atoms with Crippen molar-refractivity contribution in [1.82, 2.24) is 0 Å². The van der Waals surface area contributed by atoms with E-state index >= 15 is 0 Å². The molecule has 0 nitrogen and oxygen atoms in total. The summed E-state index contributed by atoms with van der Waals surface area (Å²) in [6.45, 7) is 13.5. The Labute approximate surface area is 177 Å². The molecule has 0 unspecified atom stereocenters. The summed E-state index contributed by atoms with van der Waals surface area (Å²) < 4.78 is 1.51. The van der Waals surface area contributed by atoms with E-state index in [1.165, 1.54) is 33.6 Å². The maximum atomic E-state index is 3.88. The number of hydrogen-bond acceptors (Lipinski definition) is 0. The molecule has 0 aliphatic heterocycles. The summed E-state index contributed by atoms with van der Waals surface area (Å²) >= 11 is 1.55. The van der Waals surface area contributed by atoms with Gasteiger partial charge in [0.25, 0.3) is 0 Å². The van der Waals surface area contributed by atoms with Crippen molar-refractivity contribution in [3.8, 4) is 0 Å². The molecular formula is C21H31Cl2Zr-. The van der Waals surface area contributed by atoms with E-state index in [4.69, 9.17) is 0 Å². The number of hydrogen-bond donors (Lipinski definition) is 0. The first-order valence-corrected chi connectivity index (χ1v) is 9.94. The topological polar surface area (TPSA) is 0 Å². The van der Waals surface area contributed by atoms with Gasteiger partial charge < -0.3 is 24.8 Å². The van der Waals surface area contributed by atoms with E-state index in [1.807, 2.05) is 0 Å². The van der Waals surface area contributed by atoms with E-state index < -0.39 is 0 Å². The Morgan fingerprint density at radius 1 is 1.08 bits per heavy atom. The van der Waals surface area contributed by atoms with Crippen LogP contribution in [0.5, 0.6) is 0 Å². The predicted octanol–water partition coefficient (Wildman–Crippen LogP) is 0.292. The molecule has 0 amide bonds. The summed E-state index contributed by atoms with van der Waals surface area (Å²) in [5.41, 5.74) is 6.36. The van der Waals surface area contributed by atoms with Crippen LogP contribution in [-0.2, 0) is 24.2 Å². The summed E-state index contributed by atoms with van der Waals surface area (Å²) in [6.07, 6.45) is 16.3. The Morgan fingerprint density at radius 2 is 1.62 bits per heavy atom. The summed E-state index contributed by atoms with van der Waals surface area (Å²) in [4.78, 5) is 0. The predicted molar refractivity (Wildman–Crippen MR) is 95.6 cm³/mol. The maximum absolute atomic E-state index is 3.88. The standard InChI is InChI=1S/C18H25.C3H6.2ClH.Zr/c1-5-15-16(14-11-9-10-12-14)13-18(7-3,8-4)17(15)6-2;1-3-2;;;/h9-11H,5-8,12H2,1-4H3;1-2H3;2*1H;/q-1;;;;+2/p-2. The zero-order valence-corrected chi connectivity index (χ0v) is 20.0. The molecule has 0 saturated heterocycles. The molecule has 24 heavy (non-hydrogen) atoms. The van der Waals surface area contributed by atoms with Crippen LogP contribution < -0.4 is 24.8 Å². The molecule has 0 fully saturated rings. The second kappa shape index (κ2) is 12.6. The van der Waals surface area contributed by atoms with Crippen molar-refractivity contribution in [3.63, 3.8) is 0 Å². The van der Waals surface area contributed by atoms with E-state index in [-0.39, 0.29) is 30.2 Å². The summed E-state index contributed by atoms with van der Waals surface area (Å²) in [5, 5.41) is 0. The van der Waals surface area contributed by atoms with Gasteiger partial charge in [0.2, 0.25) is 0 Å². The maximum Gasteiger partial charge on any atom is -1.00 e. The van der Waals surface area contributed by atoms with Crippen molar-refractivity contribution >= 4 is 3.21 Å². The number of allylic oxidation sites excluding steroid dienone is 8. The summed E-state index contributed by atoms with van der Waals surface area (Å²) in [5.74, 6) is 0. The Balaban J connectivity index is 0. The molecule has 2 aliphatic rings. The van der Waals surface area contributed by atoms with Crippen LogP contribution in [0.2, 0.25) is 0 Å². The molecule has 0 aromatic heterocycles. The van der Waals surface area contributed by atoms with Gasteiger partial charge in [0.05, 0.1) is 0 Å². The molecule has 0 heterocycles. The van der Waals surface area contributed by atoms with Gasteiger partial charge in [0.15, 0.2) is 0 Å². The molecule has 2 rings (SSSR count). The summed E-state index contributed by atoms with van der Waals surface area (Å²) in [7, 11) is 0. The minimum absolute atomic E-state index is 0. The fourth-order valence-corrected chi connectivity index (χ4v) is 3.53. The quantitative estimate of drug-likeness (QED) is 0.534. The van der Waals surface area contributed by atoms with E-state index in [0.717, 1.165) is 12.8 Å². The average molecular weight is 446 g/mol. The molecule has 3 heteroatoms. The van der Waals surface area contributed by atoms with E-state index in [1.54, 1.807) is 35.4 Å². The largest absolute Gasteiger partial charge is 1.00 e. The van der Waals surface area contributed by atoms with Gasteiger partial charge in [-0.3, -0.25) is 0 Å². The van der Waals surface area contributed by atoms with Crippen LogP contribution in [-0.4, -0.2) is 3.21 Å². The molecule has 0 aromatic rings. The van der Waals surface area contributed by atoms with Crippen LogP contribution in [0, 0.1) is 11.5 Å². The molecule has 0 aromatic carbocycles. The molecule has 0 atom stereocenters. The van der Waals surface area contributed by atoms with Crippen molar-refractivity contribution in [2.45, 2.75) is 73.6 Å². The van der Waals surface area contributed by atoms with Crippen molar-refractivity contribution in [2.75, 3.05) is 0 Å². The van der Waals surface area contributed by atoms with E-state index in [9.17, 15) is 0 Å². The van der Waals surface area contributed by atoms with Gasteiger partial charge >= 0.3 is 41.3 Å². The molecule has 134 valence electrons. The summed E-state index contributed by atoms with van der Waals surface area (Å²) in [6, 6.07) is 0. The van der Waals surface area contributed by atoms with Crippen LogP contribution in [0.1, 0.15) is 73.6 Å². The molecule has 2 aliphatic carbocycles. The van der Waals surface area contributed by atoms with Crippen molar-refractivity contribution < 1.29 is 49.0 Å². The van der Waals surface area contributed by atoms with Gasteiger partial charge in [0, 0.05) is 0 Å². The zero-order chi connectivity index (χ0) is 16.8. The molecule has 0 saturated carbocycles. The minimum atomic E-state index is 0. The third kappa shape index (κ3) is 6.23. The number of halogens is 2. The van der Waals surface area contributed by atoms with E-state index in [2.05, 4.69) is 65.8 Å². The smallest absolute Gasteiger partial charge is 1.00 e. The third-order valence-corrected chi connectivity index (χ3v) is 4.61. The van der Waals surface area contributed by atoms with Gasteiger partial charge in [0.1, 0.15) is 0 Å². The van der Waals surface area contributed by atoms with E-state index in [0.29, 0.717) is 0 Å². The van der Waals surface area contributed by atoms with Crippen LogP contribution in [0.15, 0.2) is 40.5 Å². The van der Waals surface area contributed by atoms with Gasteiger partial charge in [-0.25, -0.2) is 0 Å². The van der Waals surface area contributed by atoms with Gasteiger partial charge in [-0.05, 0) is 6.42 Å². The number of rotatable bonds is 5. The van der Waals surface area contributed by atoms with Crippen molar-refractivity contribution in [1.29, 1.82) is 0 Å². The normalized spacial score (nSPS) is 17.3. The van der Waals surface area contributed by atoms with Crippen LogP contribution >= 0.6 is 0 Å². The first kappa shape index (κ1) is 26.5. The Kier molecular flexibility index (Phi) is 13.9. The first-order chi connectivity index (χ1) is 10.5. The zero-order valence-electron chi connectivity index (χ0n) is 16.0. The molecule has 0 bridgehead atoms. The Hall–Kier alpha value is 0.293. The molecule has 0 radical (unpaired) electrons. The van der Waals surface area contributed by atoms with Gasteiger partial charge in [-0.15, -0.1) is 22.8 Å². The SMILES string of the molecule is CCC1=C(CC)C(CC)(CC)[C-]=C1C1=CC=CC1.C[C](C)=[Zr+2].[Cl-].[Cl-]. The third-order valence-electron chi connectivity index (χ3n) is 4.61. The second-order valence-electron chi connectivity index (χ2n) is 6.28.